The van der Waals surface area contributed by atoms with Crippen LogP contribution in [0.4, 0.5) is 0 Å². The average molecular weight is 283 g/mol. The van der Waals surface area contributed by atoms with Crippen LogP contribution in [0.2, 0.25) is 0 Å². The first kappa shape index (κ1) is 15.7. The van der Waals surface area contributed by atoms with Gasteiger partial charge in [0.15, 0.2) is 0 Å². The van der Waals surface area contributed by atoms with Crippen LogP contribution in [-0.2, 0) is 24.5 Å². The molecule has 0 heterocycles. The van der Waals surface area contributed by atoms with Crippen LogP contribution in [0, 0.1) is 0 Å². The maximum absolute atomic E-state index is 5.79. The van der Waals surface area contributed by atoms with Crippen LogP contribution in [0.1, 0.15) is 37.5 Å². The summed E-state index contributed by atoms with van der Waals surface area (Å²) in [6.07, 6.45) is 0. The first-order valence-electron chi connectivity index (χ1n) is 7.47. The van der Waals surface area contributed by atoms with Gasteiger partial charge in [-0.05, 0) is 37.5 Å². The number of benzene rings is 2. The number of rotatable bonds is 6. The summed E-state index contributed by atoms with van der Waals surface area (Å²) < 4.78 is 5.79. The average Bonchev–Trinajstić information content (AvgIpc) is 2.46. The predicted molar refractivity (Wildman–Crippen MR) is 88.0 cm³/mol. The largest absolute Gasteiger partial charge is 0.372 e. The van der Waals surface area contributed by atoms with Gasteiger partial charge in [-0.3, -0.25) is 0 Å². The van der Waals surface area contributed by atoms with E-state index in [9.17, 15) is 0 Å². The van der Waals surface area contributed by atoms with Crippen molar-refractivity contribution in [1.29, 1.82) is 0 Å². The highest BCUT2D eigenvalue weighted by Gasteiger charge is 2.08. The highest BCUT2D eigenvalue weighted by Crippen LogP contribution is 2.10. The lowest BCUT2D eigenvalue weighted by Crippen LogP contribution is -2.35. The lowest BCUT2D eigenvalue weighted by Gasteiger charge is -2.20. The van der Waals surface area contributed by atoms with E-state index in [1.54, 1.807) is 0 Å². The molecular weight excluding hydrogens is 258 g/mol. The molecule has 2 rings (SSSR count). The second kappa shape index (κ2) is 7.39. The third-order valence-corrected chi connectivity index (χ3v) is 3.19. The zero-order valence-electron chi connectivity index (χ0n) is 13.2. The number of hydrogen-bond acceptors (Lipinski definition) is 2. The minimum Gasteiger partial charge on any atom is -0.372 e. The quantitative estimate of drug-likeness (QED) is 0.854. The van der Waals surface area contributed by atoms with Gasteiger partial charge in [0.1, 0.15) is 0 Å². The molecule has 2 aromatic carbocycles. The summed E-state index contributed by atoms with van der Waals surface area (Å²) in [5.41, 5.74) is 3.87. The lowest BCUT2D eigenvalue weighted by atomic mass is 10.1. The van der Waals surface area contributed by atoms with Crippen LogP contribution in [0.15, 0.2) is 54.6 Å². The minimum absolute atomic E-state index is 0.139. The van der Waals surface area contributed by atoms with Crippen molar-refractivity contribution in [3.63, 3.8) is 0 Å². The van der Waals surface area contributed by atoms with E-state index < -0.39 is 0 Å². The first-order valence-corrected chi connectivity index (χ1v) is 7.47. The van der Waals surface area contributed by atoms with E-state index in [2.05, 4.69) is 62.5 Å². The van der Waals surface area contributed by atoms with Crippen molar-refractivity contribution in [3.05, 3.63) is 71.3 Å². The Bertz CT molecular complexity index is 543. The van der Waals surface area contributed by atoms with Crippen LogP contribution >= 0.6 is 0 Å². The van der Waals surface area contributed by atoms with Crippen LogP contribution in [0.25, 0.3) is 0 Å². The van der Waals surface area contributed by atoms with E-state index >= 15 is 0 Å². The topological polar surface area (TPSA) is 21.3 Å². The summed E-state index contributed by atoms with van der Waals surface area (Å²) in [7, 11) is 0. The molecule has 2 heteroatoms. The molecule has 0 aliphatic carbocycles. The highest BCUT2D eigenvalue weighted by atomic mass is 16.5. The van der Waals surface area contributed by atoms with Gasteiger partial charge in [-0.1, -0.05) is 54.6 Å². The molecule has 1 N–H and O–H groups in total. The molecule has 0 aliphatic heterocycles. The molecule has 0 atom stereocenters. The summed E-state index contributed by atoms with van der Waals surface area (Å²) in [5.74, 6) is 0. The fraction of sp³-hybridized carbons (Fsp3) is 0.368. The molecule has 2 nitrogen and oxygen atoms in total. The number of nitrogens with one attached hydrogen (secondary N) is 1. The lowest BCUT2D eigenvalue weighted by molar-refractivity contribution is 0.107. The molecule has 0 radical (unpaired) electrons. The molecule has 0 amide bonds. The Balaban J connectivity index is 1.83. The van der Waals surface area contributed by atoms with Gasteiger partial charge in [-0.15, -0.1) is 0 Å². The van der Waals surface area contributed by atoms with Gasteiger partial charge in [0.05, 0.1) is 13.2 Å². The Hall–Kier alpha value is -1.64. The van der Waals surface area contributed by atoms with Crippen molar-refractivity contribution in [3.8, 4) is 0 Å². The molecular formula is C19H25NO. The van der Waals surface area contributed by atoms with Crippen molar-refractivity contribution in [2.45, 2.75) is 46.1 Å². The van der Waals surface area contributed by atoms with Crippen LogP contribution in [0.5, 0.6) is 0 Å². The molecule has 0 spiro atoms. The Labute approximate surface area is 128 Å². The Morgan fingerprint density at radius 2 is 1.43 bits per heavy atom. The van der Waals surface area contributed by atoms with Crippen molar-refractivity contribution in [2.75, 3.05) is 0 Å². The number of ether oxygens (including phenoxy) is 1. The highest BCUT2D eigenvalue weighted by molar-refractivity contribution is 5.23. The van der Waals surface area contributed by atoms with Gasteiger partial charge < -0.3 is 10.1 Å². The Morgan fingerprint density at radius 3 is 2.14 bits per heavy atom. The summed E-state index contributed by atoms with van der Waals surface area (Å²) >= 11 is 0. The van der Waals surface area contributed by atoms with E-state index in [-0.39, 0.29) is 5.54 Å². The van der Waals surface area contributed by atoms with Crippen molar-refractivity contribution in [2.24, 2.45) is 0 Å². The molecule has 21 heavy (non-hydrogen) atoms. The predicted octanol–water partition coefficient (Wildman–Crippen LogP) is 4.29. The summed E-state index contributed by atoms with van der Waals surface area (Å²) in [5, 5.41) is 3.51. The number of hydrogen-bond donors (Lipinski definition) is 1. The molecule has 112 valence electrons. The molecule has 0 aliphatic rings. The fourth-order valence-corrected chi connectivity index (χ4v) is 2.06. The van der Waals surface area contributed by atoms with Gasteiger partial charge in [-0.2, -0.15) is 0 Å². The Morgan fingerprint density at radius 1 is 0.810 bits per heavy atom. The van der Waals surface area contributed by atoms with Gasteiger partial charge in [0.2, 0.25) is 0 Å². The zero-order valence-corrected chi connectivity index (χ0v) is 13.2. The molecule has 0 bridgehead atoms. The van der Waals surface area contributed by atoms with Gasteiger partial charge in [-0.25, -0.2) is 0 Å². The zero-order chi connectivity index (χ0) is 15.1. The van der Waals surface area contributed by atoms with Crippen LogP contribution in [-0.4, -0.2) is 5.54 Å². The van der Waals surface area contributed by atoms with E-state index in [0.717, 1.165) is 6.54 Å². The van der Waals surface area contributed by atoms with Crippen LogP contribution in [0.3, 0.4) is 0 Å². The Kier molecular flexibility index (Phi) is 5.54. The second-order valence-electron chi connectivity index (χ2n) is 6.40. The SMILES string of the molecule is CC(C)(C)NCc1cccc(COCc2ccccc2)c1. The normalized spacial score (nSPS) is 11.6. The van der Waals surface area contributed by atoms with E-state index in [4.69, 9.17) is 4.74 Å². The molecule has 0 fully saturated rings. The van der Waals surface area contributed by atoms with Crippen molar-refractivity contribution < 1.29 is 4.74 Å². The van der Waals surface area contributed by atoms with E-state index in [1.807, 2.05) is 18.2 Å². The van der Waals surface area contributed by atoms with Crippen molar-refractivity contribution in [1.82, 2.24) is 5.32 Å². The standard InChI is InChI=1S/C19H25NO/c1-19(2,3)20-13-17-10-7-11-18(12-17)15-21-14-16-8-5-4-6-9-16/h4-12,20H,13-15H2,1-3H3. The fourth-order valence-electron chi connectivity index (χ4n) is 2.06. The molecule has 0 unspecified atom stereocenters. The van der Waals surface area contributed by atoms with E-state index in [1.165, 1.54) is 16.7 Å². The summed E-state index contributed by atoms with van der Waals surface area (Å²) in [6.45, 7) is 8.74. The van der Waals surface area contributed by atoms with E-state index in [0.29, 0.717) is 13.2 Å². The smallest absolute Gasteiger partial charge is 0.0721 e. The van der Waals surface area contributed by atoms with Crippen LogP contribution < -0.4 is 5.32 Å². The molecule has 0 saturated carbocycles. The molecule has 0 aromatic heterocycles. The first-order chi connectivity index (χ1) is 10.0. The van der Waals surface area contributed by atoms with Crippen molar-refractivity contribution >= 4 is 0 Å². The summed E-state index contributed by atoms with van der Waals surface area (Å²) in [6, 6.07) is 18.9. The van der Waals surface area contributed by atoms with Gasteiger partial charge >= 0.3 is 0 Å². The maximum atomic E-state index is 5.79. The molecule has 2 aromatic rings. The maximum Gasteiger partial charge on any atom is 0.0721 e. The monoisotopic (exact) mass is 283 g/mol. The second-order valence-corrected chi connectivity index (χ2v) is 6.40. The van der Waals surface area contributed by atoms with Gasteiger partial charge in [0.25, 0.3) is 0 Å². The third kappa shape index (κ3) is 6.11. The minimum atomic E-state index is 0.139. The molecule has 0 saturated heterocycles. The summed E-state index contributed by atoms with van der Waals surface area (Å²) in [4.78, 5) is 0. The van der Waals surface area contributed by atoms with Gasteiger partial charge in [0, 0.05) is 12.1 Å². The third-order valence-electron chi connectivity index (χ3n) is 3.19.